The molecule has 4 aromatic rings. The number of halogens is 2. The lowest BCUT2D eigenvalue weighted by molar-refractivity contribution is -0.117. The highest BCUT2D eigenvalue weighted by molar-refractivity contribution is 8.04. The molecule has 2 aliphatic rings. The first kappa shape index (κ1) is 25.6. The van der Waals surface area contributed by atoms with E-state index in [9.17, 15) is 4.79 Å². The Balaban J connectivity index is 0.00000144. The standard InChI is InChI=1S/C27H26N4OS.2ClH/c32-27(25-16-23-26-21(30-31-23)9-4-10-24(26)33-25)29-22(18-11-13-28-14-12-18)15-19-7-3-6-17-5-1-2-8-20(17)19;;/h1-10,16,18,22,28H,11-15H2,(H,29,32)(H,30,31);2*1H. The van der Waals surface area contributed by atoms with Crippen LogP contribution in [0.1, 0.15) is 24.1 Å². The largest absolute Gasteiger partial charge is 0.348 e. The molecule has 6 rings (SSSR count). The first-order valence-electron chi connectivity index (χ1n) is 11.6. The van der Waals surface area contributed by atoms with E-state index in [1.54, 1.807) is 0 Å². The van der Waals surface area contributed by atoms with E-state index in [4.69, 9.17) is 0 Å². The first-order chi connectivity index (χ1) is 16.3. The van der Waals surface area contributed by atoms with Gasteiger partial charge >= 0.3 is 0 Å². The summed E-state index contributed by atoms with van der Waals surface area (Å²) in [6.07, 6.45) is 4.93. The molecule has 1 fully saturated rings. The number of rotatable bonds is 5. The number of nitrogens with one attached hydrogen (secondary N) is 3. The van der Waals surface area contributed by atoms with Crippen LogP contribution in [0, 0.1) is 5.92 Å². The fourth-order valence-electron chi connectivity index (χ4n) is 5.17. The summed E-state index contributed by atoms with van der Waals surface area (Å²) in [6, 6.07) is 21.1. The third-order valence-electron chi connectivity index (χ3n) is 6.88. The summed E-state index contributed by atoms with van der Waals surface area (Å²) >= 11 is 1.54. The maximum Gasteiger partial charge on any atom is 0.258 e. The number of amides is 1. The van der Waals surface area contributed by atoms with Crippen molar-refractivity contribution >= 4 is 70.2 Å². The molecule has 0 saturated carbocycles. The van der Waals surface area contributed by atoms with Gasteiger partial charge in [-0.2, -0.15) is 5.10 Å². The Hall–Kier alpha value is -2.51. The van der Waals surface area contributed by atoms with Crippen LogP contribution in [0.4, 0.5) is 0 Å². The van der Waals surface area contributed by atoms with Crippen molar-refractivity contribution in [3.63, 3.8) is 0 Å². The molecule has 0 bridgehead atoms. The number of benzene rings is 3. The summed E-state index contributed by atoms with van der Waals surface area (Å²) in [7, 11) is 0. The van der Waals surface area contributed by atoms with Crippen molar-refractivity contribution in [2.24, 2.45) is 5.92 Å². The molecule has 1 unspecified atom stereocenters. The van der Waals surface area contributed by atoms with Gasteiger partial charge in [-0.1, -0.05) is 60.3 Å². The maximum absolute atomic E-state index is 13.5. The Bertz CT molecular complexity index is 1370. The molecule has 8 heteroatoms. The van der Waals surface area contributed by atoms with Crippen LogP contribution in [0.3, 0.4) is 0 Å². The highest BCUT2D eigenvalue weighted by Gasteiger charge is 2.28. The number of piperidine rings is 1. The molecule has 5 nitrogen and oxygen atoms in total. The van der Waals surface area contributed by atoms with Gasteiger partial charge in [-0.25, -0.2) is 0 Å². The maximum atomic E-state index is 13.5. The van der Waals surface area contributed by atoms with Gasteiger partial charge in [0.15, 0.2) is 0 Å². The monoisotopic (exact) mass is 526 g/mol. The van der Waals surface area contributed by atoms with E-state index in [1.807, 2.05) is 18.2 Å². The van der Waals surface area contributed by atoms with Gasteiger partial charge in [0.2, 0.25) is 0 Å². The Kier molecular flexibility index (Phi) is 8.07. The SMILES string of the molecule is Cl.Cl.O=C(NC(Cc1cccc2ccccc12)C1CCNCC1)C1=Cc2[nH]nc3cccc(c23)S1. The molecule has 3 aromatic carbocycles. The summed E-state index contributed by atoms with van der Waals surface area (Å²) in [5, 5.41) is 18.0. The van der Waals surface area contributed by atoms with Crippen LogP contribution >= 0.6 is 36.6 Å². The van der Waals surface area contributed by atoms with E-state index in [2.05, 4.69) is 69.4 Å². The lowest BCUT2D eigenvalue weighted by Crippen LogP contribution is -2.46. The van der Waals surface area contributed by atoms with Crippen molar-refractivity contribution < 1.29 is 4.79 Å². The second-order valence-corrected chi connectivity index (χ2v) is 9.99. The summed E-state index contributed by atoms with van der Waals surface area (Å²) in [5.74, 6) is 0.454. The zero-order valence-corrected chi connectivity index (χ0v) is 21.6. The van der Waals surface area contributed by atoms with Crippen LogP contribution in [0.5, 0.6) is 0 Å². The smallest absolute Gasteiger partial charge is 0.258 e. The number of carbonyl (C=O) groups is 1. The number of hydrogen-bond acceptors (Lipinski definition) is 4. The lowest BCUT2D eigenvalue weighted by Gasteiger charge is -2.32. The highest BCUT2D eigenvalue weighted by atomic mass is 35.5. The predicted molar refractivity (Wildman–Crippen MR) is 150 cm³/mol. The molecule has 1 aromatic heterocycles. The molecule has 3 N–H and O–H groups in total. The second-order valence-electron chi connectivity index (χ2n) is 8.91. The van der Waals surface area contributed by atoms with Gasteiger partial charge in [-0.05, 0) is 72.8 Å². The van der Waals surface area contributed by atoms with Crippen LogP contribution < -0.4 is 10.6 Å². The topological polar surface area (TPSA) is 69.8 Å². The molecular formula is C27H28Cl2N4OS. The molecule has 0 radical (unpaired) electrons. The Morgan fingerprint density at radius 3 is 2.66 bits per heavy atom. The van der Waals surface area contributed by atoms with Crippen LogP contribution in [0.15, 0.2) is 70.5 Å². The van der Waals surface area contributed by atoms with Crippen LogP contribution in [0.25, 0.3) is 27.8 Å². The van der Waals surface area contributed by atoms with Crippen LogP contribution in [-0.4, -0.2) is 35.2 Å². The Morgan fingerprint density at radius 1 is 1.03 bits per heavy atom. The zero-order valence-electron chi connectivity index (χ0n) is 19.1. The van der Waals surface area contributed by atoms with Gasteiger partial charge in [-0.15, -0.1) is 24.8 Å². The minimum Gasteiger partial charge on any atom is -0.348 e. The van der Waals surface area contributed by atoms with E-state index in [1.165, 1.54) is 28.1 Å². The van der Waals surface area contributed by atoms with E-state index in [-0.39, 0.29) is 36.8 Å². The average Bonchev–Trinajstić information content (AvgIpc) is 3.29. The van der Waals surface area contributed by atoms with E-state index >= 15 is 0 Å². The number of aromatic nitrogens is 2. The number of thioether (sulfide) groups is 1. The van der Waals surface area contributed by atoms with Crippen molar-refractivity contribution in [3.8, 4) is 0 Å². The molecule has 1 atom stereocenters. The Labute approximate surface area is 221 Å². The Morgan fingerprint density at radius 2 is 1.80 bits per heavy atom. The molecule has 2 aliphatic heterocycles. The zero-order chi connectivity index (χ0) is 22.2. The van der Waals surface area contributed by atoms with Gasteiger partial charge in [0, 0.05) is 16.3 Å². The van der Waals surface area contributed by atoms with Gasteiger partial charge < -0.3 is 10.6 Å². The van der Waals surface area contributed by atoms with Crippen molar-refractivity contribution in [2.75, 3.05) is 13.1 Å². The molecule has 0 aliphatic carbocycles. The number of carbonyl (C=O) groups excluding carboxylic acids is 1. The van der Waals surface area contributed by atoms with Crippen LogP contribution in [0.2, 0.25) is 0 Å². The minimum atomic E-state index is 0. The molecule has 1 saturated heterocycles. The van der Waals surface area contributed by atoms with Gasteiger partial charge in [-0.3, -0.25) is 9.89 Å². The van der Waals surface area contributed by atoms with Crippen molar-refractivity contribution in [1.82, 2.24) is 20.8 Å². The number of fused-ring (bicyclic) bond motifs is 1. The van der Waals surface area contributed by atoms with Gasteiger partial charge in [0.05, 0.1) is 16.1 Å². The fourth-order valence-corrected chi connectivity index (χ4v) is 6.20. The van der Waals surface area contributed by atoms with E-state index in [0.717, 1.165) is 58.7 Å². The molecule has 35 heavy (non-hydrogen) atoms. The fraction of sp³-hybridized carbons (Fsp3) is 0.259. The third-order valence-corrected chi connectivity index (χ3v) is 7.96. The number of H-pyrrole nitrogens is 1. The van der Waals surface area contributed by atoms with E-state index < -0.39 is 0 Å². The normalized spacial score (nSPS) is 16.2. The third kappa shape index (κ3) is 5.07. The van der Waals surface area contributed by atoms with Gasteiger partial charge in [0.1, 0.15) is 0 Å². The van der Waals surface area contributed by atoms with Crippen LogP contribution in [-0.2, 0) is 11.2 Å². The first-order valence-corrected chi connectivity index (χ1v) is 12.4. The number of aromatic amines is 1. The molecule has 0 spiro atoms. The minimum absolute atomic E-state index is 0. The lowest BCUT2D eigenvalue weighted by atomic mass is 9.85. The summed E-state index contributed by atoms with van der Waals surface area (Å²) < 4.78 is 0. The second kappa shape index (κ2) is 11.0. The van der Waals surface area contributed by atoms with E-state index in [0.29, 0.717) is 5.92 Å². The number of hydrogen-bond donors (Lipinski definition) is 3. The van der Waals surface area contributed by atoms with Crippen molar-refractivity contribution in [2.45, 2.75) is 30.2 Å². The molecule has 182 valence electrons. The number of nitrogens with zero attached hydrogens (tertiary/aromatic N) is 1. The predicted octanol–water partition coefficient (Wildman–Crippen LogP) is 5.73. The quantitative estimate of drug-likeness (QED) is 0.310. The highest BCUT2D eigenvalue weighted by Crippen LogP contribution is 2.40. The summed E-state index contributed by atoms with van der Waals surface area (Å²) in [4.78, 5) is 15.3. The summed E-state index contributed by atoms with van der Waals surface area (Å²) in [5.41, 5.74) is 3.15. The average molecular weight is 528 g/mol. The van der Waals surface area contributed by atoms with Crippen molar-refractivity contribution in [3.05, 3.63) is 76.8 Å². The molecular weight excluding hydrogens is 499 g/mol. The molecule has 1 amide bonds. The molecule has 3 heterocycles. The summed E-state index contributed by atoms with van der Waals surface area (Å²) in [6.45, 7) is 2.01. The van der Waals surface area contributed by atoms with Crippen molar-refractivity contribution in [1.29, 1.82) is 0 Å². The van der Waals surface area contributed by atoms with Gasteiger partial charge in [0.25, 0.3) is 5.91 Å².